The zero-order valence-corrected chi connectivity index (χ0v) is 14.7. The first kappa shape index (κ1) is 17.3. The zero-order valence-electron chi connectivity index (χ0n) is 12.3. The number of halogens is 1. The Morgan fingerprint density at radius 3 is 2.55 bits per heavy atom. The number of hydrogen-bond acceptors (Lipinski definition) is 1. The molecule has 0 bridgehead atoms. The lowest BCUT2D eigenvalue weighted by Crippen LogP contribution is -2.40. The quantitative estimate of drug-likeness (QED) is 0.362. The minimum absolute atomic E-state index is 0. The molecule has 1 aliphatic heterocycles. The molecule has 0 unspecified atom stereocenters. The molecular formula is C16H26IN3. The molecule has 0 amide bonds. The molecule has 1 aliphatic rings. The fourth-order valence-corrected chi connectivity index (χ4v) is 2.32. The molecule has 0 saturated carbocycles. The fraction of sp³-hybridized carbons (Fsp3) is 0.562. The number of aliphatic imine (C=N–C) groups is 1. The van der Waals surface area contributed by atoms with Crippen LogP contribution in [0.4, 0.5) is 0 Å². The second kappa shape index (κ2) is 10.0. The summed E-state index contributed by atoms with van der Waals surface area (Å²) < 4.78 is 0. The van der Waals surface area contributed by atoms with Gasteiger partial charge in [0.05, 0.1) is 6.54 Å². The number of rotatable bonds is 5. The molecule has 3 nitrogen and oxygen atoms in total. The van der Waals surface area contributed by atoms with Gasteiger partial charge in [-0.2, -0.15) is 0 Å². The minimum Gasteiger partial charge on any atom is -0.356 e. The standard InChI is InChI=1S/C16H25N3.HI/c1-2-3-11-17-16(19-12-7-8-13-19)18-14-15-9-5-4-6-10-15;/h4-6,9-10H,2-3,7-8,11-14H2,1H3,(H,17,18);1H. The summed E-state index contributed by atoms with van der Waals surface area (Å²) in [6, 6.07) is 10.5. The van der Waals surface area contributed by atoms with Crippen molar-refractivity contribution in [2.45, 2.75) is 39.2 Å². The van der Waals surface area contributed by atoms with E-state index in [0.29, 0.717) is 0 Å². The van der Waals surface area contributed by atoms with E-state index in [0.717, 1.165) is 32.1 Å². The average Bonchev–Trinajstić information content (AvgIpc) is 2.98. The normalized spacial score (nSPS) is 15.1. The molecule has 0 spiro atoms. The third-order valence-electron chi connectivity index (χ3n) is 3.47. The predicted octanol–water partition coefficient (Wildman–Crippen LogP) is 3.65. The molecule has 112 valence electrons. The van der Waals surface area contributed by atoms with Crippen molar-refractivity contribution in [2.24, 2.45) is 4.99 Å². The number of nitrogens with zero attached hydrogens (tertiary/aromatic N) is 2. The first-order valence-corrected chi connectivity index (χ1v) is 7.47. The maximum atomic E-state index is 4.78. The highest BCUT2D eigenvalue weighted by atomic mass is 127. The molecule has 0 aliphatic carbocycles. The van der Waals surface area contributed by atoms with Crippen LogP contribution in [0.15, 0.2) is 35.3 Å². The van der Waals surface area contributed by atoms with E-state index < -0.39 is 0 Å². The van der Waals surface area contributed by atoms with Crippen molar-refractivity contribution in [3.8, 4) is 0 Å². The molecule has 1 heterocycles. The number of nitrogens with one attached hydrogen (secondary N) is 1. The Kier molecular flexibility index (Phi) is 8.65. The van der Waals surface area contributed by atoms with Crippen LogP contribution in [0.3, 0.4) is 0 Å². The summed E-state index contributed by atoms with van der Waals surface area (Å²) in [4.78, 5) is 7.17. The van der Waals surface area contributed by atoms with Crippen LogP contribution in [-0.2, 0) is 6.54 Å². The molecule has 0 atom stereocenters. The second-order valence-corrected chi connectivity index (χ2v) is 5.10. The van der Waals surface area contributed by atoms with Crippen LogP contribution < -0.4 is 5.32 Å². The first-order valence-electron chi connectivity index (χ1n) is 7.47. The van der Waals surface area contributed by atoms with Crippen molar-refractivity contribution < 1.29 is 0 Å². The van der Waals surface area contributed by atoms with E-state index in [1.54, 1.807) is 0 Å². The molecule has 1 aromatic rings. The second-order valence-electron chi connectivity index (χ2n) is 5.10. The van der Waals surface area contributed by atoms with Crippen LogP contribution in [0.1, 0.15) is 38.2 Å². The number of likely N-dealkylation sites (tertiary alicyclic amines) is 1. The Bertz CT molecular complexity index is 386. The third-order valence-corrected chi connectivity index (χ3v) is 3.47. The molecule has 1 saturated heterocycles. The predicted molar refractivity (Wildman–Crippen MR) is 96.7 cm³/mol. The van der Waals surface area contributed by atoms with Crippen molar-refractivity contribution in [3.63, 3.8) is 0 Å². The van der Waals surface area contributed by atoms with Crippen molar-refractivity contribution >= 4 is 29.9 Å². The van der Waals surface area contributed by atoms with Crippen molar-refractivity contribution in [1.82, 2.24) is 10.2 Å². The van der Waals surface area contributed by atoms with E-state index in [-0.39, 0.29) is 24.0 Å². The van der Waals surface area contributed by atoms with Crippen LogP contribution in [0.2, 0.25) is 0 Å². The van der Waals surface area contributed by atoms with Crippen molar-refractivity contribution in [1.29, 1.82) is 0 Å². The van der Waals surface area contributed by atoms with Gasteiger partial charge in [-0.15, -0.1) is 24.0 Å². The monoisotopic (exact) mass is 387 g/mol. The maximum Gasteiger partial charge on any atom is 0.194 e. The van der Waals surface area contributed by atoms with E-state index in [1.165, 1.54) is 31.2 Å². The Morgan fingerprint density at radius 1 is 1.20 bits per heavy atom. The molecule has 2 rings (SSSR count). The van der Waals surface area contributed by atoms with Crippen LogP contribution in [0, 0.1) is 0 Å². The Hall–Kier alpha value is -0.780. The van der Waals surface area contributed by atoms with Gasteiger partial charge in [-0.05, 0) is 24.8 Å². The number of unbranched alkanes of at least 4 members (excludes halogenated alkanes) is 1. The Labute approximate surface area is 139 Å². The van der Waals surface area contributed by atoms with Crippen LogP contribution in [0.25, 0.3) is 0 Å². The molecule has 1 fully saturated rings. The van der Waals surface area contributed by atoms with Gasteiger partial charge >= 0.3 is 0 Å². The summed E-state index contributed by atoms with van der Waals surface area (Å²) in [6.45, 7) is 6.31. The van der Waals surface area contributed by atoms with E-state index in [2.05, 4.69) is 41.4 Å². The van der Waals surface area contributed by atoms with E-state index >= 15 is 0 Å². The number of guanidine groups is 1. The van der Waals surface area contributed by atoms with Gasteiger partial charge in [0, 0.05) is 19.6 Å². The molecule has 0 radical (unpaired) electrons. The number of hydrogen-bond donors (Lipinski definition) is 1. The van der Waals surface area contributed by atoms with Gasteiger partial charge in [0.1, 0.15) is 0 Å². The summed E-state index contributed by atoms with van der Waals surface area (Å²) in [6.07, 6.45) is 5.01. The summed E-state index contributed by atoms with van der Waals surface area (Å²) in [5.74, 6) is 1.09. The summed E-state index contributed by atoms with van der Waals surface area (Å²) in [5, 5.41) is 3.51. The molecule has 1 aromatic carbocycles. The summed E-state index contributed by atoms with van der Waals surface area (Å²) in [7, 11) is 0. The highest BCUT2D eigenvalue weighted by molar-refractivity contribution is 14.0. The van der Waals surface area contributed by atoms with Gasteiger partial charge in [0.2, 0.25) is 0 Å². The molecule has 20 heavy (non-hydrogen) atoms. The summed E-state index contributed by atoms with van der Waals surface area (Å²) in [5.41, 5.74) is 1.27. The summed E-state index contributed by atoms with van der Waals surface area (Å²) >= 11 is 0. The number of benzene rings is 1. The highest BCUT2D eigenvalue weighted by Crippen LogP contribution is 2.09. The topological polar surface area (TPSA) is 27.6 Å². The zero-order chi connectivity index (χ0) is 13.3. The highest BCUT2D eigenvalue weighted by Gasteiger charge is 2.15. The third kappa shape index (κ3) is 5.69. The van der Waals surface area contributed by atoms with Crippen LogP contribution >= 0.6 is 24.0 Å². The van der Waals surface area contributed by atoms with Crippen molar-refractivity contribution in [3.05, 3.63) is 35.9 Å². The van der Waals surface area contributed by atoms with E-state index in [9.17, 15) is 0 Å². The largest absolute Gasteiger partial charge is 0.356 e. The molecular weight excluding hydrogens is 361 g/mol. The maximum absolute atomic E-state index is 4.78. The van der Waals surface area contributed by atoms with Crippen molar-refractivity contribution in [2.75, 3.05) is 19.6 Å². The first-order chi connectivity index (χ1) is 9.40. The van der Waals surface area contributed by atoms with E-state index in [4.69, 9.17) is 4.99 Å². The fourth-order valence-electron chi connectivity index (χ4n) is 2.32. The average molecular weight is 387 g/mol. The SMILES string of the molecule is CCCCNC(=NCc1ccccc1)N1CCCC1.I. The molecule has 1 N–H and O–H groups in total. The molecule has 4 heteroatoms. The lowest BCUT2D eigenvalue weighted by atomic mass is 10.2. The van der Waals surface area contributed by atoms with Gasteiger partial charge in [-0.25, -0.2) is 4.99 Å². The Balaban J connectivity index is 0.00000200. The van der Waals surface area contributed by atoms with Gasteiger partial charge < -0.3 is 10.2 Å². The lowest BCUT2D eigenvalue weighted by Gasteiger charge is -2.21. The minimum atomic E-state index is 0. The van der Waals surface area contributed by atoms with Gasteiger partial charge in [-0.1, -0.05) is 43.7 Å². The van der Waals surface area contributed by atoms with Gasteiger partial charge in [0.25, 0.3) is 0 Å². The van der Waals surface area contributed by atoms with Crippen LogP contribution in [0.5, 0.6) is 0 Å². The van der Waals surface area contributed by atoms with Gasteiger partial charge in [0.15, 0.2) is 5.96 Å². The Morgan fingerprint density at radius 2 is 1.90 bits per heavy atom. The molecule has 0 aromatic heterocycles. The lowest BCUT2D eigenvalue weighted by molar-refractivity contribution is 0.489. The van der Waals surface area contributed by atoms with Gasteiger partial charge in [-0.3, -0.25) is 0 Å². The van der Waals surface area contributed by atoms with Crippen LogP contribution in [-0.4, -0.2) is 30.5 Å². The smallest absolute Gasteiger partial charge is 0.194 e. The van der Waals surface area contributed by atoms with E-state index in [1.807, 2.05) is 6.07 Å².